The third kappa shape index (κ3) is 5.18. The van der Waals surface area contributed by atoms with Gasteiger partial charge in [-0.1, -0.05) is 31.5 Å². The third-order valence-corrected chi connectivity index (χ3v) is 7.10. The van der Waals surface area contributed by atoms with Crippen LogP contribution >= 0.6 is 0 Å². The van der Waals surface area contributed by atoms with E-state index in [-0.39, 0.29) is 22.4 Å². The zero-order chi connectivity index (χ0) is 27.1. The van der Waals surface area contributed by atoms with Crippen LogP contribution in [0.3, 0.4) is 0 Å². The molecule has 0 heterocycles. The summed E-state index contributed by atoms with van der Waals surface area (Å²) in [6.07, 6.45) is -1.84. The molecule has 198 valence electrons. The molecule has 0 atom stereocenters. The van der Waals surface area contributed by atoms with Gasteiger partial charge in [0.05, 0.1) is 0 Å². The van der Waals surface area contributed by atoms with Crippen LogP contribution in [0.2, 0.25) is 0 Å². The first-order chi connectivity index (χ1) is 17.4. The van der Waals surface area contributed by atoms with E-state index in [1.54, 1.807) is 0 Å². The predicted octanol–water partition coefficient (Wildman–Crippen LogP) is 9.85. The Hall–Kier alpha value is -3.10. The number of para-hydroxylation sites is 1. The lowest BCUT2D eigenvalue weighted by Crippen LogP contribution is -2.16. The van der Waals surface area contributed by atoms with Gasteiger partial charge in [0.2, 0.25) is 0 Å². The summed E-state index contributed by atoms with van der Waals surface area (Å²) in [4.78, 5) is 0. The third-order valence-electron chi connectivity index (χ3n) is 7.10. The van der Waals surface area contributed by atoms with Crippen LogP contribution in [-0.4, -0.2) is 0 Å². The average Bonchev–Trinajstić information content (AvgIpc) is 2.85. The first-order valence-electron chi connectivity index (χ1n) is 11.9. The first kappa shape index (κ1) is 26.9. The molecule has 0 saturated heterocycles. The maximum absolute atomic E-state index is 15.4. The van der Waals surface area contributed by atoms with E-state index < -0.39 is 58.1 Å². The highest BCUT2D eigenvalue weighted by atomic mass is 19.4. The minimum absolute atomic E-state index is 0.0588. The smallest absolute Gasteiger partial charge is 0.422 e. The predicted molar refractivity (Wildman–Crippen MR) is 123 cm³/mol. The van der Waals surface area contributed by atoms with Crippen molar-refractivity contribution in [2.24, 2.45) is 5.92 Å². The fourth-order valence-corrected chi connectivity index (χ4v) is 4.99. The second kappa shape index (κ2) is 10.3. The summed E-state index contributed by atoms with van der Waals surface area (Å²) >= 11 is 0. The lowest BCUT2D eigenvalue weighted by atomic mass is 9.77. The minimum atomic E-state index is -5.25. The van der Waals surface area contributed by atoms with Crippen LogP contribution < -0.4 is 4.74 Å². The number of halogens is 8. The summed E-state index contributed by atoms with van der Waals surface area (Å²) in [5.41, 5.74) is -3.25. The Morgan fingerprint density at radius 3 is 2.00 bits per heavy atom. The van der Waals surface area contributed by atoms with E-state index in [9.17, 15) is 26.3 Å². The number of alkyl halides is 3. The molecule has 1 saturated carbocycles. The largest absolute Gasteiger partial charge is 0.453 e. The Kier molecular flexibility index (Phi) is 7.53. The van der Waals surface area contributed by atoms with Crippen LogP contribution in [0.15, 0.2) is 36.4 Å². The van der Waals surface area contributed by atoms with E-state index in [4.69, 9.17) is 4.74 Å². The highest BCUT2D eigenvalue weighted by Gasteiger charge is 2.38. The average molecular weight is 528 g/mol. The number of benzene rings is 3. The molecule has 1 aliphatic carbocycles. The van der Waals surface area contributed by atoms with E-state index in [0.717, 1.165) is 26.2 Å². The SMILES string of the molecule is CC[C@H]1CC[C@H](c2c(F)c(F)c(C)c(F)c2Oc2ccccc2-c2cc(F)c(C(F)(F)F)c(F)c2)CC1. The Balaban J connectivity index is 1.81. The van der Waals surface area contributed by atoms with Gasteiger partial charge in [0.25, 0.3) is 0 Å². The lowest BCUT2D eigenvalue weighted by molar-refractivity contribution is -0.142. The van der Waals surface area contributed by atoms with Gasteiger partial charge < -0.3 is 4.74 Å². The monoisotopic (exact) mass is 528 g/mol. The molecule has 0 bridgehead atoms. The summed E-state index contributed by atoms with van der Waals surface area (Å²) in [6, 6.07) is 6.49. The van der Waals surface area contributed by atoms with E-state index >= 15 is 8.78 Å². The van der Waals surface area contributed by atoms with Crippen LogP contribution in [0.1, 0.15) is 61.6 Å². The van der Waals surface area contributed by atoms with Crippen molar-refractivity contribution in [3.05, 3.63) is 82.2 Å². The fraction of sp³-hybridized carbons (Fsp3) is 0.357. The molecule has 3 aromatic rings. The van der Waals surface area contributed by atoms with Crippen molar-refractivity contribution in [3.8, 4) is 22.6 Å². The van der Waals surface area contributed by atoms with Crippen LogP contribution in [0, 0.1) is 41.9 Å². The lowest BCUT2D eigenvalue weighted by Gasteiger charge is -2.30. The van der Waals surface area contributed by atoms with E-state index in [0.29, 0.717) is 30.9 Å². The van der Waals surface area contributed by atoms with Gasteiger partial charge in [-0.2, -0.15) is 13.2 Å². The van der Waals surface area contributed by atoms with Gasteiger partial charge in [-0.25, -0.2) is 22.0 Å². The van der Waals surface area contributed by atoms with Crippen molar-refractivity contribution in [1.82, 2.24) is 0 Å². The number of rotatable bonds is 5. The molecule has 0 unspecified atom stereocenters. The van der Waals surface area contributed by atoms with Crippen molar-refractivity contribution in [1.29, 1.82) is 0 Å². The molecule has 1 aliphatic rings. The molecule has 1 fully saturated rings. The Morgan fingerprint density at radius 2 is 1.43 bits per heavy atom. The van der Waals surface area contributed by atoms with Gasteiger partial charge in [0, 0.05) is 16.7 Å². The molecule has 0 radical (unpaired) electrons. The molecule has 0 aromatic heterocycles. The van der Waals surface area contributed by atoms with Crippen LogP contribution in [0.5, 0.6) is 11.5 Å². The molecular weight excluding hydrogens is 504 g/mol. The minimum Gasteiger partial charge on any atom is -0.453 e. The van der Waals surface area contributed by atoms with Crippen molar-refractivity contribution >= 4 is 0 Å². The number of ether oxygens (including phenoxy) is 1. The normalized spacial score (nSPS) is 18.2. The molecule has 3 aromatic carbocycles. The van der Waals surface area contributed by atoms with Crippen molar-refractivity contribution in [2.75, 3.05) is 0 Å². The highest BCUT2D eigenvalue weighted by molar-refractivity contribution is 5.71. The summed E-state index contributed by atoms with van der Waals surface area (Å²) in [6.45, 7) is 3.10. The van der Waals surface area contributed by atoms with E-state index in [2.05, 4.69) is 0 Å². The number of hydrogen-bond acceptors (Lipinski definition) is 1. The topological polar surface area (TPSA) is 9.23 Å². The maximum atomic E-state index is 15.4. The molecule has 9 heteroatoms. The standard InChI is InChI=1S/C28H24F8O/c1-3-15-8-10-16(11-9-15)22-26(33)24(31)14(2)25(32)27(22)37-21-7-5-4-6-18(21)17-12-19(29)23(20(30)13-17)28(34,35)36/h4-7,12-13,15-16H,3,8-11H2,1-2H3/t15-,16-. The van der Waals surface area contributed by atoms with Crippen LogP contribution in [0.4, 0.5) is 35.1 Å². The maximum Gasteiger partial charge on any atom is 0.422 e. The van der Waals surface area contributed by atoms with Gasteiger partial charge in [0.15, 0.2) is 23.2 Å². The van der Waals surface area contributed by atoms with Gasteiger partial charge in [-0.3, -0.25) is 0 Å². The summed E-state index contributed by atoms with van der Waals surface area (Å²) in [5.74, 6) is -8.15. The zero-order valence-electron chi connectivity index (χ0n) is 20.1. The molecule has 4 rings (SSSR count). The Labute approximate surface area is 209 Å². The van der Waals surface area contributed by atoms with Gasteiger partial charge >= 0.3 is 6.18 Å². The molecule has 0 amide bonds. The molecule has 0 spiro atoms. The second-order valence-electron chi connectivity index (χ2n) is 9.35. The van der Waals surface area contributed by atoms with Crippen molar-refractivity contribution in [2.45, 2.75) is 58.0 Å². The van der Waals surface area contributed by atoms with Crippen LogP contribution in [0.25, 0.3) is 11.1 Å². The van der Waals surface area contributed by atoms with Crippen molar-refractivity contribution < 1.29 is 39.9 Å². The second-order valence-corrected chi connectivity index (χ2v) is 9.35. The Bertz CT molecular complexity index is 1280. The van der Waals surface area contributed by atoms with Crippen LogP contribution in [-0.2, 0) is 6.18 Å². The number of hydrogen-bond donors (Lipinski definition) is 0. The zero-order valence-corrected chi connectivity index (χ0v) is 20.1. The quantitative estimate of drug-likeness (QED) is 0.237. The highest BCUT2D eigenvalue weighted by Crippen LogP contribution is 2.47. The summed E-state index contributed by atoms with van der Waals surface area (Å²) in [7, 11) is 0. The fourth-order valence-electron chi connectivity index (χ4n) is 4.99. The Morgan fingerprint density at radius 1 is 0.838 bits per heavy atom. The molecule has 0 aliphatic heterocycles. The molecule has 0 N–H and O–H groups in total. The summed E-state index contributed by atoms with van der Waals surface area (Å²) in [5, 5.41) is 0. The molecular formula is C28H24F8O. The van der Waals surface area contributed by atoms with Gasteiger partial charge in [-0.15, -0.1) is 0 Å². The summed E-state index contributed by atoms with van der Waals surface area (Å²) < 4.78 is 119. The van der Waals surface area contributed by atoms with Gasteiger partial charge in [-0.05, 0) is 68.2 Å². The molecule has 37 heavy (non-hydrogen) atoms. The molecule has 1 nitrogen and oxygen atoms in total. The first-order valence-corrected chi connectivity index (χ1v) is 11.9. The van der Waals surface area contributed by atoms with Crippen molar-refractivity contribution in [3.63, 3.8) is 0 Å². The van der Waals surface area contributed by atoms with Gasteiger partial charge in [0.1, 0.15) is 22.9 Å². The van der Waals surface area contributed by atoms with E-state index in [1.165, 1.54) is 24.3 Å². The van der Waals surface area contributed by atoms with E-state index in [1.807, 2.05) is 6.92 Å².